The molecule has 0 spiro atoms. The maximum atomic E-state index is 12.3. The number of anilines is 1. The Morgan fingerprint density at radius 1 is 1.35 bits per heavy atom. The van der Waals surface area contributed by atoms with Gasteiger partial charge in [0, 0.05) is 16.4 Å². The summed E-state index contributed by atoms with van der Waals surface area (Å²) in [5.41, 5.74) is 1.95. The van der Waals surface area contributed by atoms with Crippen LogP contribution in [0.5, 0.6) is 0 Å². The number of nitrogens with zero attached hydrogens (tertiary/aromatic N) is 4. The summed E-state index contributed by atoms with van der Waals surface area (Å²) in [6.45, 7) is 0. The van der Waals surface area contributed by atoms with Crippen molar-refractivity contribution in [1.82, 2.24) is 15.2 Å². The molecule has 1 N–H and O–H groups in total. The van der Waals surface area contributed by atoms with Crippen LogP contribution in [0.1, 0.15) is 21.5 Å². The molecule has 0 aliphatic rings. The average Bonchev–Trinajstić information content (AvgIpc) is 3.09. The number of halogens is 2. The lowest BCUT2D eigenvalue weighted by molar-refractivity contribution is 0.102. The third kappa shape index (κ3) is 4.80. The molecule has 6 nitrogen and oxygen atoms in total. The Labute approximate surface area is 170 Å². The molecule has 0 fully saturated rings. The number of nitrogens with one attached hydrogen (secondary N) is 1. The molecule has 0 unspecified atom stereocenters. The van der Waals surface area contributed by atoms with Gasteiger partial charge in [-0.2, -0.15) is 5.26 Å². The van der Waals surface area contributed by atoms with E-state index in [1.807, 2.05) is 12.1 Å². The Morgan fingerprint density at radius 2 is 2.12 bits per heavy atom. The molecule has 0 aliphatic heterocycles. The van der Waals surface area contributed by atoms with Crippen molar-refractivity contribution in [2.24, 2.45) is 0 Å². The fourth-order valence-electron chi connectivity index (χ4n) is 1.89. The average molecular weight is 467 g/mol. The van der Waals surface area contributed by atoms with E-state index in [-0.39, 0.29) is 10.7 Å². The van der Waals surface area contributed by atoms with Gasteiger partial charge in [0.1, 0.15) is 5.15 Å². The minimum Gasteiger partial charge on any atom is -0.296 e. The van der Waals surface area contributed by atoms with Gasteiger partial charge < -0.3 is 0 Å². The van der Waals surface area contributed by atoms with Crippen molar-refractivity contribution in [3.63, 3.8) is 0 Å². The molecule has 0 aliphatic carbocycles. The summed E-state index contributed by atoms with van der Waals surface area (Å²) >= 11 is 12.0. The number of hydrogen-bond donors (Lipinski definition) is 1. The third-order valence-corrected chi connectivity index (χ3v) is 5.90. The Kier molecular flexibility index (Phi) is 6.21. The normalized spacial score (nSPS) is 10.3. The topological polar surface area (TPSA) is 91.6 Å². The molecular weight excluding hydrogens is 458 g/mol. The Balaban J connectivity index is 1.61. The predicted octanol–water partition coefficient (Wildman–Crippen LogP) is 4.77. The van der Waals surface area contributed by atoms with Crippen molar-refractivity contribution >= 4 is 61.7 Å². The van der Waals surface area contributed by atoms with E-state index in [1.54, 1.807) is 18.2 Å². The van der Waals surface area contributed by atoms with E-state index < -0.39 is 5.91 Å². The van der Waals surface area contributed by atoms with Crippen molar-refractivity contribution in [2.45, 2.75) is 10.1 Å². The molecule has 26 heavy (non-hydrogen) atoms. The summed E-state index contributed by atoms with van der Waals surface area (Å²) in [6, 6.07) is 11.0. The molecule has 0 atom stereocenters. The summed E-state index contributed by atoms with van der Waals surface area (Å²) in [7, 11) is 0. The van der Waals surface area contributed by atoms with Crippen LogP contribution in [0.4, 0.5) is 5.13 Å². The van der Waals surface area contributed by atoms with Crippen LogP contribution in [0.2, 0.25) is 5.15 Å². The zero-order valence-electron chi connectivity index (χ0n) is 12.9. The van der Waals surface area contributed by atoms with Crippen molar-refractivity contribution < 1.29 is 4.79 Å². The first-order valence-corrected chi connectivity index (χ1v) is 10.1. The second kappa shape index (κ2) is 8.60. The number of amides is 1. The lowest BCUT2D eigenvalue weighted by atomic mass is 10.2. The quantitative estimate of drug-likeness (QED) is 0.331. The summed E-state index contributed by atoms with van der Waals surface area (Å²) in [6.07, 6.45) is 1.52. The highest BCUT2D eigenvalue weighted by molar-refractivity contribution is 9.10. The lowest BCUT2D eigenvalue weighted by Crippen LogP contribution is -2.12. The monoisotopic (exact) mass is 465 g/mol. The number of aromatic nitrogens is 3. The van der Waals surface area contributed by atoms with Gasteiger partial charge in [-0.1, -0.05) is 46.8 Å². The molecule has 0 radical (unpaired) electrons. The fraction of sp³-hybridized carbons (Fsp3) is 0.0625. The first-order valence-electron chi connectivity index (χ1n) is 7.13. The lowest BCUT2D eigenvalue weighted by Gasteiger charge is -2.03. The van der Waals surface area contributed by atoms with Crippen molar-refractivity contribution in [3.05, 3.63) is 62.8 Å². The minimum atomic E-state index is -0.399. The second-order valence-corrected chi connectivity index (χ2v) is 8.39. The zero-order chi connectivity index (χ0) is 18.5. The number of carbonyl (C=O) groups is 1. The number of benzene rings is 1. The maximum absolute atomic E-state index is 12.3. The van der Waals surface area contributed by atoms with Crippen molar-refractivity contribution in [3.8, 4) is 6.07 Å². The molecule has 1 aromatic carbocycles. The van der Waals surface area contributed by atoms with Gasteiger partial charge in [0.25, 0.3) is 5.91 Å². The summed E-state index contributed by atoms with van der Waals surface area (Å²) in [5.74, 6) is 0.291. The second-order valence-electron chi connectivity index (χ2n) is 4.92. The molecule has 3 rings (SSSR count). The molecule has 2 aromatic heterocycles. The number of pyridine rings is 1. The van der Waals surface area contributed by atoms with Gasteiger partial charge >= 0.3 is 0 Å². The van der Waals surface area contributed by atoms with E-state index in [9.17, 15) is 4.79 Å². The number of carbonyl (C=O) groups excluding carboxylic acids is 1. The maximum Gasteiger partial charge on any atom is 0.260 e. The molecule has 0 saturated heterocycles. The molecule has 130 valence electrons. The van der Waals surface area contributed by atoms with Crippen LogP contribution in [-0.4, -0.2) is 21.1 Å². The fourth-order valence-corrected chi connectivity index (χ4v) is 4.11. The third-order valence-electron chi connectivity index (χ3n) is 3.12. The van der Waals surface area contributed by atoms with Crippen molar-refractivity contribution in [2.75, 3.05) is 5.32 Å². The number of hydrogen-bond acceptors (Lipinski definition) is 7. The Hall–Kier alpha value is -1.99. The first-order chi connectivity index (χ1) is 12.5. The minimum absolute atomic E-state index is 0.116. The molecule has 3 aromatic rings. The molecule has 1 amide bonds. The predicted molar refractivity (Wildman–Crippen MR) is 106 cm³/mol. The highest BCUT2D eigenvalue weighted by Crippen LogP contribution is 2.29. The molecule has 0 bridgehead atoms. The van der Waals surface area contributed by atoms with Gasteiger partial charge in [0.2, 0.25) is 5.13 Å². The summed E-state index contributed by atoms with van der Waals surface area (Å²) in [4.78, 5) is 16.2. The molecular formula is C16H9BrClN5OS2. The summed E-state index contributed by atoms with van der Waals surface area (Å²) in [5, 5.41) is 20.0. The number of thioether (sulfide) groups is 1. The van der Waals surface area contributed by atoms with Crippen LogP contribution in [0.25, 0.3) is 0 Å². The van der Waals surface area contributed by atoms with Crippen LogP contribution < -0.4 is 5.32 Å². The van der Waals surface area contributed by atoms with Crippen LogP contribution in [-0.2, 0) is 5.75 Å². The van der Waals surface area contributed by atoms with E-state index in [1.165, 1.54) is 29.3 Å². The van der Waals surface area contributed by atoms with E-state index >= 15 is 0 Å². The smallest absolute Gasteiger partial charge is 0.260 e. The van der Waals surface area contributed by atoms with Crippen LogP contribution in [0, 0.1) is 11.3 Å². The van der Waals surface area contributed by atoms with Gasteiger partial charge in [-0.3, -0.25) is 10.1 Å². The highest BCUT2D eigenvalue weighted by Gasteiger charge is 2.15. The molecule has 2 heterocycles. The van der Waals surface area contributed by atoms with Gasteiger partial charge in [-0.25, -0.2) is 4.98 Å². The van der Waals surface area contributed by atoms with Gasteiger partial charge in [0.15, 0.2) is 4.34 Å². The van der Waals surface area contributed by atoms with Gasteiger partial charge in [-0.05, 0) is 39.7 Å². The standard InChI is InChI=1S/C16H9BrClN5OS2/c17-11-5-12(13(18)20-7-11)14(24)21-15-22-23-16(26-15)25-8-10-3-1-9(6-19)2-4-10/h1-5,7H,8H2,(H,21,22,24). The summed E-state index contributed by atoms with van der Waals surface area (Å²) < 4.78 is 1.38. The largest absolute Gasteiger partial charge is 0.296 e. The van der Waals surface area contributed by atoms with Crippen LogP contribution in [0.3, 0.4) is 0 Å². The zero-order valence-corrected chi connectivity index (χ0v) is 16.9. The van der Waals surface area contributed by atoms with E-state index in [0.29, 0.717) is 20.9 Å². The molecule has 10 heteroatoms. The van der Waals surface area contributed by atoms with Crippen LogP contribution in [0.15, 0.2) is 45.3 Å². The highest BCUT2D eigenvalue weighted by atomic mass is 79.9. The number of rotatable bonds is 5. The van der Waals surface area contributed by atoms with Crippen molar-refractivity contribution in [1.29, 1.82) is 5.26 Å². The SMILES string of the molecule is N#Cc1ccc(CSc2nnc(NC(=O)c3cc(Br)cnc3Cl)s2)cc1. The first kappa shape index (κ1) is 18.8. The van der Waals surface area contributed by atoms with E-state index in [4.69, 9.17) is 16.9 Å². The van der Waals surface area contributed by atoms with Crippen LogP contribution >= 0.6 is 50.6 Å². The Morgan fingerprint density at radius 3 is 2.85 bits per heavy atom. The van der Waals surface area contributed by atoms with E-state index in [0.717, 1.165) is 9.90 Å². The Bertz CT molecular complexity index is 987. The van der Waals surface area contributed by atoms with E-state index in [2.05, 4.69) is 42.5 Å². The number of nitriles is 1. The van der Waals surface area contributed by atoms with Gasteiger partial charge in [-0.15, -0.1) is 10.2 Å². The van der Waals surface area contributed by atoms with Gasteiger partial charge in [0.05, 0.1) is 17.2 Å². The molecule has 0 saturated carbocycles.